The van der Waals surface area contributed by atoms with Gasteiger partial charge in [-0.3, -0.25) is 4.79 Å². The van der Waals surface area contributed by atoms with Gasteiger partial charge in [0.2, 0.25) is 5.91 Å². The first-order valence-electron chi connectivity index (χ1n) is 7.44. The smallest absolute Gasteiger partial charge is 0.325 e. The molecule has 0 spiro atoms. The predicted octanol–water partition coefficient (Wildman–Crippen LogP) is 3.94. The van der Waals surface area contributed by atoms with Crippen molar-refractivity contribution in [3.63, 3.8) is 0 Å². The fraction of sp³-hybridized carbons (Fsp3) is 0.562. The maximum atomic E-state index is 12.9. The normalized spacial score (nSPS) is 36.4. The first kappa shape index (κ1) is 13.2. The van der Waals surface area contributed by atoms with Crippen LogP contribution in [0.3, 0.4) is 0 Å². The van der Waals surface area contributed by atoms with E-state index >= 15 is 0 Å². The van der Waals surface area contributed by atoms with Crippen molar-refractivity contribution in [1.82, 2.24) is 0 Å². The topological polar surface area (TPSA) is 29.1 Å². The number of para-hydroxylation sites is 1. The van der Waals surface area contributed by atoms with Crippen LogP contribution >= 0.6 is 0 Å². The zero-order chi connectivity index (χ0) is 14.8. The van der Waals surface area contributed by atoms with Crippen LogP contribution in [0, 0.1) is 29.6 Å². The van der Waals surface area contributed by atoms with E-state index in [0.29, 0.717) is 23.7 Å². The van der Waals surface area contributed by atoms with Crippen molar-refractivity contribution in [2.24, 2.45) is 29.6 Å². The van der Waals surface area contributed by atoms with Crippen LogP contribution < -0.4 is 5.32 Å². The summed E-state index contributed by atoms with van der Waals surface area (Å²) in [4.78, 5) is 12.3. The molecule has 1 amide bonds. The third kappa shape index (κ3) is 1.97. The fourth-order valence-electron chi connectivity index (χ4n) is 4.73. The molecular weight excluding hydrogens is 279 g/mol. The lowest BCUT2D eigenvalue weighted by Crippen LogP contribution is -2.21. The van der Waals surface area contributed by atoms with Gasteiger partial charge in [-0.15, -0.1) is 0 Å². The molecule has 5 atom stereocenters. The summed E-state index contributed by atoms with van der Waals surface area (Å²) < 4.78 is 38.8. The molecule has 0 aliphatic heterocycles. The zero-order valence-corrected chi connectivity index (χ0v) is 11.4. The number of alkyl halides is 3. The van der Waals surface area contributed by atoms with Crippen molar-refractivity contribution < 1.29 is 18.0 Å². The van der Waals surface area contributed by atoms with E-state index in [0.717, 1.165) is 6.07 Å². The summed E-state index contributed by atoms with van der Waals surface area (Å²) in [5, 5.41) is 2.52. The van der Waals surface area contributed by atoms with Gasteiger partial charge in [0.25, 0.3) is 0 Å². The molecule has 0 heterocycles. The van der Waals surface area contributed by atoms with Gasteiger partial charge in [-0.25, -0.2) is 0 Å². The summed E-state index contributed by atoms with van der Waals surface area (Å²) in [7, 11) is 0. The zero-order valence-electron chi connectivity index (χ0n) is 11.4. The SMILES string of the molecule is O=C(Nc1ccccc1C(F)(F)F)C1[C@@H]2[C@@H]3CC[C@H](C3)[C@H]12. The van der Waals surface area contributed by atoms with E-state index in [1.54, 1.807) is 0 Å². The molecule has 1 aromatic rings. The summed E-state index contributed by atoms with van der Waals surface area (Å²) >= 11 is 0. The van der Waals surface area contributed by atoms with Crippen LogP contribution in [0.1, 0.15) is 24.8 Å². The highest BCUT2D eigenvalue weighted by Crippen LogP contribution is 2.69. The van der Waals surface area contributed by atoms with Gasteiger partial charge in [-0.2, -0.15) is 13.2 Å². The second kappa shape index (κ2) is 4.24. The molecule has 1 aromatic carbocycles. The largest absolute Gasteiger partial charge is 0.418 e. The number of rotatable bonds is 2. The standard InChI is InChI=1S/C16H16F3NO/c17-16(18,19)10-3-1-2-4-11(10)20-15(21)14-12-8-5-6-9(7-8)13(12)14/h1-4,8-9,12-14H,5-7H2,(H,20,21)/t8-,9-,12-,13+,14?/m1/s1. The molecule has 2 nitrogen and oxygen atoms in total. The molecule has 112 valence electrons. The lowest BCUT2D eigenvalue weighted by Gasteiger charge is -2.14. The molecule has 2 bridgehead atoms. The number of nitrogens with one attached hydrogen (secondary N) is 1. The van der Waals surface area contributed by atoms with Gasteiger partial charge >= 0.3 is 6.18 Å². The van der Waals surface area contributed by atoms with Crippen LogP contribution in [0.15, 0.2) is 24.3 Å². The Kier molecular flexibility index (Phi) is 2.66. The summed E-state index contributed by atoms with van der Waals surface area (Å²) in [6, 6.07) is 5.19. The van der Waals surface area contributed by atoms with Crippen molar-refractivity contribution in [3.05, 3.63) is 29.8 Å². The van der Waals surface area contributed by atoms with Gasteiger partial charge in [-0.1, -0.05) is 12.1 Å². The summed E-state index contributed by atoms with van der Waals surface area (Å²) in [5.74, 6) is 1.85. The molecule has 3 aliphatic rings. The van der Waals surface area contributed by atoms with E-state index in [1.165, 1.54) is 37.5 Å². The second-order valence-electron chi connectivity index (χ2n) is 6.55. The van der Waals surface area contributed by atoms with Crippen molar-refractivity contribution in [2.45, 2.75) is 25.4 Å². The van der Waals surface area contributed by atoms with Crippen LogP contribution in [0.2, 0.25) is 0 Å². The summed E-state index contributed by atoms with van der Waals surface area (Å²) in [6.07, 6.45) is -0.843. The van der Waals surface area contributed by atoms with E-state index in [1.807, 2.05) is 0 Å². The van der Waals surface area contributed by atoms with E-state index in [9.17, 15) is 18.0 Å². The van der Waals surface area contributed by atoms with Crippen molar-refractivity contribution >= 4 is 11.6 Å². The van der Waals surface area contributed by atoms with Crippen LogP contribution in [0.4, 0.5) is 18.9 Å². The lowest BCUT2D eigenvalue weighted by molar-refractivity contribution is -0.137. The molecule has 0 aromatic heterocycles. The van der Waals surface area contributed by atoms with Crippen LogP contribution in [0.25, 0.3) is 0 Å². The highest BCUT2D eigenvalue weighted by Gasteiger charge is 2.67. The van der Waals surface area contributed by atoms with E-state index in [4.69, 9.17) is 0 Å². The number of amides is 1. The summed E-state index contributed by atoms with van der Waals surface area (Å²) in [5.41, 5.74) is -0.889. The highest BCUT2D eigenvalue weighted by molar-refractivity contribution is 5.95. The molecule has 3 saturated carbocycles. The molecule has 0 saturated heterocycles. The monoisotopic (exact) mass is 295 g/mol. The number of anilines is 1. The van der Waals surface area contributed by atoms with Gasteiger partial charge in [0.1, 0.15) is 0 Å². The van der Waals surface area contributed by atoms with Crippen LogP contribution in [0.5, 0.6) is 0 Å². The molecule has 1 unspecified atom stereocenters. The number of hydrogen-bond acceptors (Lipinski definition) is 1. The van der Waals surface area contributed by atoms with Crippen molar-refractivity contribution in [1.29, 1.82) is 0 Å². The molecule has 21 heavy (non-hydrogen) atoms. The molecule has 1 N–H and O–H groups in total. The number of carbonyl (C=O) groups excluding carboxylic acids is 1. The second-order valence-corrected chi connectivity index (χ2v) is 6.55. The van der Waals surface area contributed by atoms with Gasteiger partial charge in [-0.05, 0) is 55.1 Å². The van der Waals surface area contributed by atoms with Crippen molar-refractivity contribution in [3.8, 4) is 0 Å². The Labute approximate surface area is 120 Å². The minimum Gasteiger partial charge on any atom is -0.325 e. The Bertz CT molecular complexity index is 581. The lowest BCUT2D eigenvalue weighted by atomic mass is 10.0. The number of benzene rings is 1. The first-order chi connectivity index (χ1) is 9.97. The Balaban J connectivity index is 1.52. The van der Waals surface area contributed by atoms with Crippen LogP contribution in [-0.4, -0.2) is 5.91 Å². The molecule has 0 radical (unpaired) electrons. The number of fused-ring (bicyclic) bond motifs is 5. The Morgan fingerprint density at radius 2 is 1.71 bits per heavy atom. The average molecular weight is 295 g/mol. The Hall–Kier alpha value is -1.52. The summed E-state index contributed by atoms with van der Waals surface area (Å²) in [6.45, 7) is 0. The Morgan fingerprint density at radius 3 is 2.33 bits per heavy atom. The minimum absolute atomic E-state index is 0.0578. The number of carbonyl (C=O) groups is 1. The highest BCUT2D eigenvalue weighted by atomic mass is 19.4. The van der Waals surface area contributed by atoms with E-state index in [-0.39, 0.29) is 17.5 Å². The maximum absolute atomic E-state index is 12.9. The third-order valence-electron chi connectivity index (χ3n) is 5.53. The first-order valence-corrected chi connectivity index (χ1v) is 7.44. The van der Waals surface area contributed by atoms with Gasteiger partial charge < -0.3 is 5.32 Å². The third-order valence-corrected chi connectivity index (χ3v) is 5.53. The van der Waals surface area contributed by atoms with E-state index < -0.39 is 11.7 Å². The number of halogens is 3. The maximum Gasteiger partial charge on any atom is 0.418 e. The molecular formula is C16H16F3NO. The average Bonchev–Trinajstić information content (AvgIpc) is 2.87. The Morgan fingerprint density at radius 1 is 1.10 bits per heavy atom. The molecule has 4 rings (SSSR count). The van der Waals surface area contributed by atoms with Crippen molar-refractivity contribution in [2.75, 3.05) is 5.32 Å². The van der Waals surface area contributed by atoms with Gasteiger partial charge in [0.15, 0.2) is 0 Å². The van der Waals surface area contributed by atoms with Gasteiger partial charge in [0.05, 0.1) is 11.3 Å². The predicted molar refractivity (Wildman–Crippen MR) is 71.4 cm³/mol. The van der Waals surface area contributed by atoms with Crippen LogP contribution in [-0.2, 0) is 11.0 Å². The molecule has 5 heteroatoms. The molecule has 3 fully saturated rings. The van der Waals surface area contributed by atoms with Gasteiger partial charge in [0, 0.05) is 5.92 Å². The minimum atomic E-state index is -4.44. The quantitative estimate of drug-likeness (QED) is 0.880. The number of hydrogen-bond donors (Lipinski definition) is 1. The molecule has 3 aliphatic carbocycles. The fourth-order valence-corrected chi connectivity index (χ4v) is 4.73. The van der Waals surface area contributed by atoms with E-state index in [2.05, 4.69) is 5.32 Å².